The molecule has 0 unspecified atom stereocenters. The molecule has 0 aliphatic rings. The highest BCUT2D eigenvalue weighted by Crippen LogP contribution is 2.34. The molecule has 2 nitrogen and oxygen atoms in total. The molecule has 0 N–H and O–H groups in total. The minimum atomic E-state index is -4.45. The maximum atomic E-state index is 12.6. The van der Waals surface area contributed by atoms with Gasteiger partial charge in [-0.25, -0.2) is 0 Å². The monoisotopic (exact) mass is 308 g/mol. The zero-order chi connectivity index (χ0) is 14.2. The summed E-state index contributed by atoms with van der Waals surface area (Å²) in [7, 11) is 0. The van der Waals surface area contributed by atoms with Crippen LogP contribution in [0.25, 0.3) is 5.69 Å². The van der Waals surface area contributed by atoms with Crippen molar-refractivity contribution >= 4 is 23.2 Å². The molecule has 1 aromatic heterocycles. The number of alkyl halides is 4. The molecule has 0 bridgehead atoms. The van der Waals surface area contributed by atoms with Gasteiger partial charge in [0.15, 0.2) is 0 Å². The third-order valence-corrected chi connectivity index (χ3v) is 3.21. The van der Waals surface area contributed by atoms with Crippen LogP contribution >= 0.6 is 23.2 Å². The van der Waals surface area contributed by atoms with Crippen LogP contribution in [-0.4, -0.2) is 4.57 Å². The molecular weight excluding hydrogens is 302 g/mol. The van der Waals surface area contributed by atoms with Gasteiger partial charge in [0.05, 0.1) is 5.56 Å². The van der Waals surface area contributed by atoms with E-state index in [2.05, 4.69) is 0 Å². The van der Waals surface area contributed by atoms with Crippen LogP contribution in [0.4, 0.5) is 13.2 Å². The molecule has 0 aliphatic carbocycles. The Morgan fingerprint density at radius 2 is 1.95 bits per heavy atom. The molecule has 0 amide bonds. The molecule has 0 fully saturated rings. The Balaban J connectivity index is 2.54. The van der Waals surface area contributed by atoms with Gasteiger partial charge in [0, 0.05) is 17.8 Å². The van der Waals surface area contributed by atoms with E-state index in [0.717, 1.165) is 12.1 Å². The van der Waals surface area contributed by atoms with Crippen molar-refractivity contribution in [1.29, 1.82) is 0 Å². The molecule has 102 valence electrons. The van der Waals surface area contributed by atoms with Crippen molar-refractivity contribution in [2.24, 2.45) is 0 Å². The van der Waals surface area contributed by atoms with E-state index in [1.807, 2.05) is 0 Å². The van der Waals surface area contributed by atoms with Crippen LogP contribution < -0.4 is 5.11 Å². The van der Waals surface area contributed by atoms with Crippen LogP contribution in [0.2, 0.25) is 5.15 Å². The molecule has 0 saturated heterocycles. The Kier molecular flexibility index (Phi) is 3.69. The SMILES string of the molecule is [O-]c1c(CCl)cn(-c2cccc(C(F)(F)F)c2)c1Cl. The first-order valence-corrected chi connectivity index (χ1v) is 6.06. The van der Waals surface area contributed by atoms with Gasteiger partial charge in [0.1, 0.15) is 5.15 Å². The van der Waals surface area contributed by atoms with Gasteiger partial charge in [-0.3, -0.25) is 0 Å². The summed E-state index contributed by atoms with van der Waals surface area (Å²) in [6.07, 6.45) is -3.11. The lowest BCUT2D eigenvalue weighted by Crippen LogP contribution is -2.06. The minimum Gasteiger partial charge on any atom is -0.870 e. The van der Waals surface area contributed by atoms with E-state index >= 15 is 0 Å². The quantitative estimate of drug-likeness (QED) is 0.772. The summed E-state index contributed by atoms with van der Waals surface area (Å²) >= 11 is 11.4. The van der Waals surface area contributed by atoms with Crippen molar-refractivity contribution in [1.82, 2.24) is 4.57 Å². The summed E-state index contributed by atoms with van der Waals surface area (Å²) in [6.45, 7) is 0. The third-order valence-electron chi connectivity index (χ3n) is 2.57. The van der Waals surface area contributed by atoms with Crippen molar-refractivity contribution in [2.75, 3.05) is 0 Å². The van der Waals surface area contributed by atoms with Crippen molar-refractivity contribution < 1.29 is 18.3 Å². The van der Waals surface area contributed by atoms with Crippen LogP contribution in [0, 0.1) is 0 Å². The van der Waals surface area contributed by atoms with Gasteiger partial charge in [0.2, 0.25) is 0 Å². The highest BCUT2D eigenvalue weighted by atomic mass is 35.5. The fourth-order valence-corrected chi connectivity index (χ4v) is 2.09. The van der Waals surface area contributed by atoms with Gasteiger partial charge >= 0.3 is 6.18 Å². The fraction of sp³-hybridized carbons (Fsp3) is 0.167. The first-order chi connectivity index (χ1) is 8.84. The normalized spacial score (nSPS) is 11.8. The summed E-state index contributed by atoms with van der Waals surface area (Å²) in [5.74, 6) is -0.529. The zero-order valence-corrected chi connectivity index (χ0v) is 10.9. The predicted molar refractivity (Wildman–Crippen MR) is 64.8 cm³/mol. The summed E-state index contributed by atoms with van der Waals surface area (Å²) < 4.78 is 39.0. The van der Waals surface area contributed by atoms with Gasteiger partial charge in [-0.1, -0.05) is 23.4 Å². The molecule has 7 heteroatoms. The molecule has 0 saturated carbocycles. The lowest BCUT2D eigenvalue weighted by Gasteiger charge is -2.11. The van der Waals surface area contributed by atoms with Gasteiger partial charge in [-0.2, -0.15) is 13.2 Å². The van der Waals surface area contributed by atoms with Crippen molar-refractivity contribution in [2.45, 2.75) is 12.1 Å². The lowest BCUT2D eigenvalue weighted by molar-refractivity contribution is -0.268. The number of rotatable bonds is 2. The highest BCUT2D eigenvalue weighted by Gasteiger charge is 2.30. The van der Waals surface area contributed by atoms with E-state index < -0.39 is 17.5 Å². The molecule has 2 rings (SSSR count). The smallest absolute Gasteiger partial charge is 0.416 e. The average Bonchev–Trinajstić information content (AvgIpc) is 2.65. The number of hydrogen-bond acceptors (Lipinski definition) is 1. The number of aromatic nitrogens is 1. The van der Waals surface area contributed by atoms with Crippen molar-refractivity contribution in [3.05, 3.63) is 46.7 Å². The van der Waals surface area contributed by atoms with Gasteiger partial charge in [-0.05, 0) is 23.8 Å². The molecule has 0 radical (unpaired) electrons. The molecule has 2 aromatic rings. The minimum absolute atomic E-state index is 0.0511. The predicted octanol–water partition coefficient (Wildman–Crippen LogP) is 3.96. The summed E-state index contributed by atoms with van der Waals surface area (Å²) in [6, 6.07) is 4.54. The van der Waals surface area contributed by atoms with E-state index in [-0.39, 0.29) is 22.3 Å². The van der Waals surface area contributed by atoms with E-state index in [1.54, 1.807) is 0 Å². The molecule has 1 aromatic carbocycles. The van der Waals surface area contributed by atoms with Crippen molar-refractivity contribution in [3.8, 4) is 11.4 Å². The number of nitrogens with zero attached hydrogens (tertiary/aromatic N) is 1. The van der Waals surface area contributed by atoms with Crippen LogP contribution in [0.3, 0.4) is 0 Å². The topological polar surface area (TPSA) is 28.0 Å². The van der Waals surface area contributed by atoms with E-state index in [1.165, 1.54) is 22.9 Å². The Hall–Kier alpha value is -1.33. The number of benzene rings is 1. The van der Waals surface area contributed by atoms with E-state index in [4.69, 9.17) is 23.2 Å². The second-order valence-electron chi connectivity index (χ2n) is 3.83. The van der Waals surface area contributed by atoms with E-state index in [0.29, 0.717) is 0 Å². The molecule has 0 spiro atoms. The summed E-state index contributed by atoms with van der Waals surface area (Å²) in [5, 5.41) is 11.4. The second kappa shape index (κ2) is 4.98. The first-order valence-electron chi connectivity index (χ1n) is 5.15. The van der Waals surface area contributed by atoms with Crippen LogP contribution in [-0.2, 0) is 12.1 Å². The summed E-state index contributed by atoms with van der Waals surface area (Å²) in [4.78, 5) is 0. The Morgan fingerprint density at radius 1 is 1.26 bits per heavy atom. The highest BCUT2D eigenvalue weighted by molar-refractivity contribution is 6.31. The zero-order valence-electron chi connectivity index (χ0n) is 9.34. The molecular formula is C12H7Cl2F3NO-. The maximum absolute atomic E-state index is 12.6. The maximum Gasteiger partial charge on any atom is 0.416 e. The Bertz CT molecular complexity index is 608. The third kappa shape index (κ3) is 2.67. The molecule has 0 atom stereocenters. The van der Waals surface area contributed by atoms with Crippen LogP contribution in [0.15, 0.2) is 30.5 Å². The van der Waals surface area contributed by atoms with Gasteiger partial charge in [0.25, 0.3) is 0 Å². The average molecular weight is 309 g/mol. The Morgan fingerprint density at radius 3 is 2.47 bits per heavy atom. The molecule has 1 heterocycles. The standard InChI is InChI=1S/C12H8Cl2F3NO/c13-5-7-6-18(11(14)10(7)19)9-3-1-2-8(4-9)12(15,16)17/h1-4,6,19H,5H2/p-1. The van der Waals surface area contributed by atoms with Gasteiger partial charge < -0.3 is 9.67 Å². The first kappa shape index (κ1) is 14.1. The van der Waals surface area contributed by atoms with Crippen molar-refractivity contribution in [3.63, 3.8) is 0 Å². The second-order valence-corrected chi connectivity index (χ2v) is 4.45. The number of halogens is 5. The lowest BCUT2D eigenvalue weighted by atomic mass is 10.2. The number of hydrogen-bond donors (Lipinski definition) is 0. The Labute approximate surface area is 117 Å². The summed E-state index contributed by atoms with van der Waals surface area (Å²) in [5.41, 5.74) is -0.410. The molecule has 19 heavy (non-hydrogen) atoms. The van der Waals surface area contributed by atoms with Crippen LogP contribution in [0.1, 0.15) is 11.1 Å². The fourth-order valence-electron chi connectivity index (χ4n) is 1.63. The largest absolute Gasteiger partial charge is 0.870 e. The van der Waals surface area contributed by atoms with E-state index in [9.17, 15) is 18.3 Å². The van der Waals surface area contributed by atoms with Crippen LogP contribution in [0.5, 0.6) is 5.75 Å². The van der Waals surface area contributed by atoms with Gasteiger partial charge in [-0.15, -0.1) is 11.6 Å². The molecule has 0 aliphatic heterocycles.